The zero-order valence-corrected chi connectivity index (χ0v) is 13.4. The molecule has 0 saturated heterocycles. The van der Waals surface area contributed by atoms with E-state index in [4.69, 9.17) is 4.74 Å². The molecule has 7 heteroatoms. The van der Waals surface area contributed by atoms with Gasteiger partial charge in [-0.1, -0.05) is 0 Å². The van der Waals surface area contributed by atoms with E-state index in [1.807, 2.05) is 19.2 Å². The Balaban J connectivity index is 2.11. The fraction of sp³-hybridized carbons (Fsp3) is 0.214. The van der Waals surface area contributed by atoms with E-state index < -0.39 is 5.97 Å². The van der Waals surface area contributed by atoms with Crippen LogP contribution in [0.25, 0.3) is 6.08 Å². The number of anilines is 1. The van der Waals surface area contributed by atoms with Crippen LogP contribution >= 0.6 is 22.7 Å². The van der Waals surface area contributed by atoms with E-state index in [0.717, 1.165) is 16.3 Å². The molecule has 2 aromatic heterocycles. The Kier molecular flexibility index (Phi) is 4.87. The van der Waals surface area contributed by atoms with Crippen LogP contribution in [0, 0.1) is 13.8 Å². The van der Waals surface area contributed by atoms with Crippen LogP contribution in [0.15, 0.2) is 16.8 Å². The standard InChI is InChI=1S/C14H14N2O3S2/c1-8-6-21-13(14(18)19-3)12(8)16-11(17)5-4-10-7-20-9(2)15-10/h4-7H,1-3H3,(H,16,17)/b5-4+. The summed E-state index contributed by atoms with van der Waals surface area (Å²) in [6.45, 7) is 3.73. The number of rotatable bonds is 4. The molecule has 0 atom stereocenters. The molecule has 0 aliphatic rings. The van der Waals surface area contributed by atoms with Crippen LogP contribution in [-0.4, -0.2) is 24.0 Å². The van der Waals surface area contributed by atoms with E-state index in [9.17, 15) is 9.59 Å². The normalized spacial score (nSPS) is 10.8. The zero-order chi connectivity index (χ0) is 15.4. The molecule has 2 heterocycles. The fourth-order valence-electron chi connectivity index (χ4n) is 1.63. The molecular formula is C14H14N2O3S2. The second-order valence-corrected chi connectivity index (χ2v) is 6.17. The second kappa shape index (κ2) is 6.64. The Morgan fingerprint density at radius 1 is 1.29 bits per heavy atom. The first-order valence-corrected chi connectivity index (χ1v) is 7.84. The number of aryl methyl sites for hydroxylation is 2. The van der Waals surface area contributed by atoms with Crippen molar-refractivity contribution in [3.05, 3.63) is 38.0 Å². The fourth-order valence-corrected chi connectivity index (χ4v) is 3.13. The summed E-state index contributed by atoms with van der Waals surface area (Å²) < 4.78 is 4.70. The van der Waals surface area contributed by atoms with E-state index in [2.05, 4.69) is 10.3 Å². The highest BCUT2D eigenvalue weighted by molar-refractivity contribution is 7.12. The molecule has 0 aliphatic carbocycles. The van der Waals surface area contributed by atoms with E-state index >= 15 is 0 Å². The van der Waals surface area contributed by atoms with E-state index in [-0.39, 0.29) is 5.91 Å². The van der Waals surface area contributed by atoms with Crippen LogP contribution in [0.5, 0.6) is 0 Å². The van der Waals surface area contributed by atoms with Crippen LogP contribution in [-0.2, 0) is 9.53 Å². The summed E-state index contributed by atoms with van der Waals surface area (Å²) >= 11 is 2.76. The van der Waals surface area contributed by atoms with Crippen molar-refractivity contribution in [3.63, 3.8) is 0 Å². The highest BCUT2D eigenvalue weighted by Gasteiger charge is 2.17. The summed E-state index contributed by atoms with van der Waals surface area (Å²) in [4.78, 5) is 28.2. The Morgan fingerprint density at radius 3 is 2.67 bits per heavy atom. The molecule has 2 aromatic rings. The summed E-state index contributed by atoms with van der Waals surface area (Å²) in [6, 6.07) is 0. The average molecular weight is 322 g/mol. The molecule has 1 N–H and O–H groups in total. The van der Waals surface area contributed by atoms with Crippen molar-refractivity contribution in [1.29, 1.82) is 0 Å². The van der Waals surface area contributed by atoms with Gasteiger partial charge in [-0.15, -0.1) is 22.7 Å². The van der Waals surface area contributed by atoms with Crippen molar-refractivity contribution in [2.75, 3.05) is 12.4 Å². The molecular weight excluding hydrogens is 308 g/mol. The lowest BCUT2D eigenvalue weighted by molar-refractivity contribution is -0.111. The molecule has 0 spiro atoms. The number of nitrogens with one attached hydrogen (secondary N) is 1. The number of methoxy groups -OCH3 is 1. The number of hydrogen-bond acceptors (Lipinski definition) is 6. The third-order valence-corrected chi connectivity index (χ3v) is 4.51. The largest absolute Gasteiger partial charge is 0.465 e. The maximum atomic E-state index is 11.9. The van der Waals surface area contributed by atoms with E-state index in [1.165, 1.54) is 35.9 Å². The van der Waals surface area contributed by atoms with Crippen molar-refractivity contribution in [2.24, 2.45) is 0 Å². The Bertz CT molecular complexity index is 701. The molecule has 21 heavy (non-hydrogen) atoms. The smallest absolute Gasteiger partial charge is 0.350 e. The van der Waals surface area contributed by atoms with Crippen molar-refractivity contribution < 1.29 is 14.3 Å². The molecule has 0 bridgehead atoms. The van der Waals surface area contributed by atoms with E-state index in [1.54, 1.807) is 11.5 Å². The minimum Gasteiger partial charge on any atom is -0.465 e. The van der Waals surface area contributed by atoms with Gasteiger partial charge in [-0.3, -0.25) is 4.79 Å². The second-order valence-electron chi connectivity index (χ2n) is 4.23. The highest BCUT2D eigenvalue weighted by Crippen LogP contribution is 2.28. The highest BCUT2D eigenvalue weighted by atomic mass is 32.1. The quantitative estimate of drug-likeness (QED) is 0.693. The maximum absolute atomic E-state index is 11.9. The molecule has 2 rings (SSSR count). The zero-order valence-electron chi connectivity index (χ0n) is 11.8. The van der Waals surface area contributed by atoms with Crippen LogP contribution < -0.4 is 5.32 Å². The van der Waals surface area contributed by atoms with E-state index in [0.29, 0.717) is 10.6 Å². The lowest BCUT2D eigenvalue weighted by Crippen LogP contribution is -2.11. The number of thiophene rings is 1. The van der Waals surface area contributed by atoms with Gasteiger partial charge in [0, 0.05) is 11.5 Å². The van der Waals surface area contributed by atoms with Gasteiger partial charge in [0.1, 0.15) is 4.88 Å². The monoisotopic (exact) mass is 322 g/mol. The van der Waals surface area contributed by atoms with Gasteiger partial charge >= 0.3 is 5.97 Å². The first-order chi connectivity index (χ1) is 10.0. The molecule has 1 amide bonds. The van der Waals surface area contributed by atoms with Gasteiger partial charge in [-0.25, -0.2) is 9.78 Å². The molecule has 0 fully saturated rings. The number of nitrogens with zero attached hydrogens (tertiary/aromatic N) is 1. The first kappa shape index (κ1) is 15.4. The predicted octanol–water partition coefficient (Wildman–Crippen LogP) is 3.26. The van der Waals surface area contributed by atoms with Crippen molar-refractivity contribution >= 4 is 46.3 Å². The third-order valence-electron chi connectivity index (χ3n) is 2.64. The number of carbonyl (C=O) groups excluding carboxylic acids is 2. The van der Waals surface area contributed by atoms with Gasteiger partial charge in [0.05, 0.1) is 23.5 Å². The van der Waals surface area contributed by atoms with Crippen LogP contribution in [0.1, 0.15) is 25.9 Å². The summed E-state index contributed by atoms with van der Waals surface area (Å²) in [7, 11) is 1.31. The molecule has 0 radical (unpaired) electrons. The number of esters is 1. The van der Waals surface area contributed by atoms with Crippen LogP contribution in [0.4, 0.5) is 5.69 Å². The number of thiazole rings is 1. The summed E-state index contributed by atoms with van der Waals surface area (Å²) in [6.07, 6.45) is 3.03. The Morgan fingerprint density at radius 2 is 2.05 bits per heavy atom. The van der Waals surface area contributed by atoms with Crippen molar-refractivity contribution in [2.45, 2.75) is 13.8 Å². The summed E-state index contributed by atoms with van der Waals surface area (Å²) in [5.41, 5.74) is 2.06. The summed E-state index contributed by atoms with van der Waals surface area (Å²) in [5, 5.41) is 7.32. The first-order valence-electron chi connectivity index (χ1n) is 6.09. The van der Waals surface area contributed by atoms with Gasteiger partial charge in [0.25, 0.3) is 0 Å². The topological polar surface area (TPSA) is 68.3 Å². The lowest BCUT2D eigenvalue weighted by Gasteiger charge is -2.04. The van der Waals surface area contributed by atoms with Crippen LogP contribution in [0.2, 0.25) is 0 Å². The van der Waals surface area contributed by atoms with Crippen molar-refractivity contribution in [1.82, 2.24) is 4.98 Å². The average Bonchev–Trinajstić information content (AvgIpc) is 3.03. The molecule has 0 aliphatic heterocycles. The van der Waals surface area contributed by atoms with Gasteiger partial charge < -0.3 is 10.1 Å². The number of aromatic nitrogens is 1. The number of hydrogen-bond donors (Lipinski definition) is 1. The predicted molar refractivity (Wildman–Crippen MR) is 84.9 cm³/mol. The Hall–Kier alpha value is -1.99. The van der Waals surface area contributed by atoms with Gasteiger partial charge in [-0.05, 0) is 30.9 Å². The molecule has 0 aromatic carbocycles. The number of carbonyl (C=O) groups is 2. The molecule has 0 saturated carbocycles. The van der Waals surface area contributed by atoms with Gasteiger partial charge in [0.2, 0.25) is 5.91 Å². The number of ether oxygens (including phenoxy) is 1. The maximum Gasteiger partial charge on any atom is 0.350 e. The minimum atomic E-state index is -0.456. The Labute approximate surface area is 130 Å². The lowest BCUT2D eigenvalue weighted by atomic mass is 10.2. The van der Waals surface area contributed by atoms with Crippen LogP contribution in [0.3, 0.4) is 0 Å². The van der Waals surface area contributed by atoms with Crippen molar-refractivity contribution in [3.8, 4) is 0 Å². The third kappa shape index (κ3) is 3.77. The molecule has 110 valence electrons. The minimum absolute atomic E-state index is 0.313. The molecule has 0 unspecified atom stereocenters. The number of amides is 1. The van der Waals surface area contributed by atoms with Gasteiger partial charge in [0.15, 0.2) is 0 Å². The summed E-state index contributed by atoms with van der Waals surface area (Å²) in [5.74, 6) is -0.769. The molecule has 5 nitrogen and oxygen atoms in total. The van der Waals surface area contributed by atoms with Gasteiger partial charge in [-0.2, -0.15) is 0 Å². The SMILES string of the molecule is COC(=O)c1scc(C)c1NC(=O)/C=C/c1csc(C)n1.